The standard InChI is InChI=1S/C17H23N5O2S/c1-10(11-2-4-19-5-3-11)6-15(23)22-17-21-14(9-25-17)12-7-13(16(18)24)20-8-12/h7-11,19-20H,2-6H2,1H3,(H2,18,24)(H,21,22,23). The van der Waals surface area contributed by atoms with Crippen LogP contribution in [-0.4, -0.2) is 34.9 Å². The molecule has 1 saturated heterocycles. The van der Waals surface area contributed by atoms with Gasteiger partial charge in [-0.3, -0.25) is 9.59 Å². The first-order valence-corrected chi connectivity index (χ1v) is 9.35. The number of amides is 2. The minimum absolute atomic E-state index is 0.00109. The Morgan fingerprint density at radius 3 is 2.88 bits per heavy atom. The van der Waals surface area contributed by atoms with Gasteiger partial charge >= 0.3 is 0 Å². The summed E-state index contributed by atoms with van der Waals surface area (Å²) in [6, 6.07) is 1.65. The molecule has 2 aromatic heterocycles. The predicted octanol–water partition coefficient (Wildman–Crippen LogP) is 2.20. The molecule has 0 aromatic carbocycles. The molecule has 3 rings (SSSR count). The first kappa shape index (κ1) is 17.6. The van der Waals surface area contributed by atoms with Crippen molar-refractivity contribution in [2.45, 2.75) is 26.2 Å². The van der Waals surface area contributed by atoms with E-state index in [-0.39, 0.29) is 5.91 Å². The van der Waals surface area contributed by atoms with E-state index in [9.17, 15) is 9.59 Å². The van der Waals surface area contributed by atoms with Gasteiger partial charge in [0.1, 0.15) is 5.69 Å². The lowest BCUT2D eigenvalue weighted by molar-refractivity contribution is -0.117. The number of H-pyrrole nitrogens is 1. The van der Waals surface area contributed by atoms with Crippen LogP contribution in [-0.2, 0) is 4.79 Å². The van der Waals surface area contributed by atoms with Gasteiger partial charge in [-0.1, -0.05) is 6.92 Å². The quantitative estimate of drug-likeness (QED) is 0.632. The van der Waals surface area contributed by atoms with Crippen LogP contribution in [0.1, 0.15) is 36.7 Å². The van der Waals surface area contributed by atoms with E-state index in [4.69, 9.17) is 5.73 Å². The molecule has 0 spiro atoms. The van der Waals surface area contributed by atoms with Crippen LogP contribution in [0.2, 0.25) is 0 Å². The van der Waals surface area contributed by atoms with Crippen molar-refractivity contribution in [3.63, 3.8) is 0 Å². The van der Waals surface area contributed by atoms with Gasteiger partial charge in [-0.25, -0.2) is 4.98 Å². The highest BCUT2D eigenvalue weighted by Gasteiger charge is 2.22. The van der Waals surface area contributed by atoms with E-state index in [0.29, 0.717) is 34.8 Å². The number of piperidine rings is 1. The van der Waals surface area contributed by atoms with E-state index in [1.54, 1.807) is 12.3 Å². The average Bonchev–Trinajstić information content (AvgIpc) is 3.24. The van der Waals surface area contributed by atoms with Gasteiger partial charge in [-0.05, 0) is 43.8 Å². The van der Waals surface area contributed by atoms with Crippen LogP contribution in [0.15, 0.2) is 17.6 Å². The van der Waals surface area contributed by atoms with Crippen molar-refractivity contribution >= 4 is 28.3 Å². The van der Waals surface area contributed by atoms with Crippen molar-refractivity contribution in [3.8, 4) is 11.3 Å². The van der Waals surface area contributed by atoms with Gasteiger partial charge < -0.3 is 21.4 Å². The summed E-state index contributed by atoms with van der Waals surface area (Å²) in [5.41, 5.74) is 7.05. The molecule has 25 heavy (non-hydrogen) atoms. The van der Waals surface area contributed by atoms with Gasteiger partial charge in [-0.15, -0.1) is 11.3 Å². The van der Waals surface area contributed by atoms with Crippen molar-refractivity contribution in [1.82, 2.24) is 15.3 Å². The van der Waals surface area contributed by atoms with Gasteiger partial charge in [0.2, 0.25) is 5.91 Å². The number of aromatic amines is 1. The molecule has 1 aliphatic rings. The van der Waals surface area contributed by atoms with E-state index < -0.39 is 5.91 Å². The molecule has 1 atom stereocenters. The van der Waals surface area contributed by atoms with Gasteiger partial charge in [0.25, 0.3) is 5.91 Å². The molecule has 5 N–H and O–H groups in total. The van der Waals surface area contributed by atoms with Crippen LogP contribution in [0.5, 0.6) is 0 Å². The lowest BCUT2D eigenvalue weighted by Gasteiger charge is -2.27. The Balaban J connectivity index is 1.56. The van der Waals surface area contributed by atoms with Crippen LogP contribution in [0.3, 0.4) is 0 Å². The summed E-state index contributed by atoms with van der Waals surface area (Å²) in [7, 11) is 0. The third-order valence-corrected chi connectivity index (χ3v) is 5.45. The van der Waals surface area contributed by atoms with Gasteiger partial charge in [0.15, 0.2) is 5.13 Å². The van der Waals surface area contributed by atoms with Crippen LogP contribution in [0.4, 0.5) is 5.13 Å². The summed E-state index contributed by atoms with van der Waals surface area (Å²) in [5, 5.41) is 8.65. The summed E-state index contributed by atoms with van der Waals surface area (Å²) in [6.45, 7) is 4.22. The number of carbonyl (C=O) groups is 2. The second kappa shape index (κ2) is 7.79. The fourth-order valence-corrected chi connectivity index (χ4v) is 3.93. The monoisotopic (exact) mass is 361 g/mol. The van der Waals surface area contributed by atoms with E-state index in [2.05, 4.69) is 27.5 Å². The topological polar surface area (TPSA) is 113 Å². The van der Waals surface area contributed by atoms with Crippen molar-refractivity contribution in [2.24, 2.45) is 17.6 Å². The number of nitrogens with zero attached hydrogens (tertiary/aromatic N) is 1. The number of nitrogens with two attached hydrogens (primary N) is 1. The number of carbonyl (C=O) groups excluding carboxylic acids is 2. The summed E-state index contributed by atoms with van der Waals surface area (Å²) in [4.78, 5) is 30.7. The smallest absolute Gasteiger partial charge is 0.265 e. The molecule has 0 bridgehead atoms. The molecule has 1 fully saturated rings. The molecule has 7 nitrogen and oxygen atoms in total. The molecule has 134 valence electrons. The predicted molar refractivity (Wildman–Crippen MR) is 98.4 cm³/mol. The van der Waals surface area contributed by atoms with E-state index in [0.717, 1.165) is 31.5 Å². The lowest BCUT2D eigenvalue weighted by atomic mass is 9.84. The highest BCUT2D eigenvalue weighted by Crippen LogP contribution is 2.27. The normalized spacial score (nSPS) is 16.5. The van der Waals surface area contributed by atoms with Gasteiger partial charge in [0, 0.05) is 23.6 Å². The number of anilines is 1. The minimum atomic E-state index is -0.512. The average molecular weight is 361 g/mol. The SMILES string of the molecule is CC(CC(=O)Nc1nc(-c2c[nH]c(C(N)=O)c2)cs1)C1CCNCC1. The van der Waals surface area contributed by atoms with Gasteiger partial charge in [0.05, 0.1) is 5.69 Å². The molecule has 8 heteroatoms. The minimum Gasteiger partial charge on any atom is -0.364 e. The Morgan fingerprint density at radius 1 is 1.44 bits per heavy atom. The number of aromatic nitrogens is 2. The highest BCUT2D eigenvalue weighted by atomic mass is 32.1. The first-order valence-electron chi connectivity index (χ1n) is 8.47. The molecule has 3 heterocycles. The van der Waals surface area contributed by atoms with E-state index in [1.165, 1.54) is 11.3 Å². The second-order valence-corrected chi connectivity index (χ2v) is 7.38. The number of rotatable bonds is 6. The third-order valence-electron chi connectivity index (χ3n) is 4.69. The van der Waals surface area contributed by atoms with Crippen molar-refractivity contribution < 1.29 is 9.59 Å². The zero-order chi connectivity index (χ0) is 17.8. The Labute approximate surface area is 150 Å². The zero-order valence-corrected chi connectivity index (χ0v) is 15.0. The molecule has 0 saturated carbocycles. The molecule has 2 amide bonds. The number of hydrogen-bond donors (Lipinski definition) is 4. The van der Waals surface area contributed by atoms with E-state index >= 15 is 0 Å². The maximum Gasteiger partial charge on any atom is 0.265 e. The largest absolute Gasteiger partial charge is 0.364 e. The molecular weight excluding hydrogens is 338 g/mol. The maximum atomic E-state index is 12.3. The summed E-state index contributed by atoms with van der Waals surface area (Å²) >= 11 is 1.37. The Bertz CT molecular complexity index is 748. The Morgan fingerprint density at radius 2 is 2.20 bits per heavy atom. The maximum absolute atomic E-state index is 12.3. The molecule has 1 aliphatic heterocycles. The Hall–Kier alpha value is -2.19. The molecule has 2 aromatic rings. The lowest BCUT2D eigenvalue weighted by Crippen LogP contribution is -2.32. The molecular formula is C17H23N5O2S. The fraction of sp³-hybridized carbons (Fsp3) is 0.471. The summed E-state index contributed by atoms with van der Waals surface area (Å²) in [6.07, 6.45) is 4.45. The van der Waals surface area contributed by atoms with Gasteiger partial charge in [-0.2, -0.15) is 0 Å². The first-order chi connectivity index (χ1) is 12.0. The zero-order valence-electron chi connectivity index (χ0n) is 14.2. The Kier molecular flexibility index (Phi) is 5.50. The number of hydrogen-bond acceptors (Lipinski definition) is 5. The molecule has 0 aliphatic carbocycles. The fourth-order valence-electron chi connectivity index (χ4n) is 3.19. The van der Waals surface area contributed by atoms with Crippen molar-refractivity contribution in [1.29, 1.82) is 0 Å². The molecule has 0 radical (unpaired) electrons. The second-order valence-electron chi connectivity index (χ2n) is 6.52. The number of primary amides is 1. The third kappa shape index (κ3) is 4.46. The number of thiazole rings is 1. The summed E-state index contributed by atoms with van der Waals surface area (Å²) in [5.74, 6) is 0.455. The molecule has 1 unspecified atom stereocenters. The highest BCUT2D eigenvalue weighted by molar-refractivity contribution is 7.14. The number of nitrogens with one attached hydrogen (secondary N) is 3. The summed E-state index contributed by atoms with van der Waals surface area (Å²) < 4.78 is 0. The van der Waals surface area contributed by atoms with Crippen molar-refractivity contribution in [3.05, 3.63) is 23.3 Å². The van der Waals surface area contributed by atoms with E-state index in [1.807, 2.05) is 5.38 Å². The van der Waals surface area contributed by atoms with Crippen molar-refractivity contribution in [2.75, 3.05) is 18.4 Å². The van der Waals surface area contributed by atoms with Crippen LogP contribution in [0, 0.1) is 11.8 Å². The van der Waals surface area contributed by atoms with Crippen LogP contribution >= 0.6 is 11.3 Å². The van der Waals surface area contributed by atoms with Crippen LogP contribution < -0.4 is 16.4 Å². The van der Waals surface area contributed by atoms with Crippen LogP contribution in [0.25, 0.3) is 11.3 Å².